The molecular formula is C28H44O2. The summed E-state index contributed by atoms with van der Waals surface area (Å²) < 4.78 is 0. The zero-order valence-electron chi connectivity index (χ0n) is 19.8. The van der Waals surface area contributed by atoms with Crippen LogP contribution in [0, 0.1) is 46.3 Å². The zero-order chi connectivity index (χ0) is 21.7. The van der Waals surface area contributed by atoms with Gasteiger partial charge in [0.25, 0.3) is 0 Å². The van der Waals surface area contributed by atoms with Gasteiger partial charge in [0, 0.05) is 5.41 Å². The normalized spacial score (nSPS) is 43.9. The number of carbonyl (C=O) groups excluding carboxylic acids is 1. The Hall–Kier alpha value is -0.890. The van der Waals surface area contributed by atoms with E-state index in [1.54, 1.807) is 0 Å². The van der Waals surface area contributed by atoms with Crippen LogP contribution in [0.3, 0.4) is 0 Å². The van der Waals surface area contributed by atoms with Crippen molar-refractivity contribution >= 4 is 6.29 Å². The Kier molecular flexibility index (Phi) is 6.12. The van der Waals surface area contributed by atoms with E-state index in [2.05, 4.69) is 40.3 Å². The van der Waals surface area contributed by atoms with Crippen LogP contribution in [-0.4, -0.2) is 17.5 Å². The molecular weight excluding hydrogens is 368 g/mol. The summed E-state index contributed by atoms with van der Waals surface area (Å²) in [7, 11) is 0. The number of aldehydes is 1. The first kappa shape index (κ1) is 22.3. The average molecular weight is 413 g/mol. The Bertz CT molecular complexity index is 705. The molecule has 0 aromatic heterocycles. The third kappa shape index (κ3) is 3.46. The highest BCUT2D eigenvalue weighted by Gasteiger charge is 2.61. The maximum Gasteiger partial charge on any atom is 0.126 e. The summed E-state index contributed by atoms with van der Waals surface area (Å²) in [6, 6.07) is 0. The van der Waals surface area contributed by atoms with E-state index in [1.165, 1.54) is 43.1 Å². The predicted octanol–water partition coefficient (Wildman–Crippen LogP) is 6.73. The highest BCUT2D eigenvalue weighted by Crippen LogP contribution is 2.66. The van der Waals surface area contributed by atoms with Crippen molar-refractivity contribution in [2.75, 3.05) is 0 Å². The molecule has 0 aliphatic heterocycles. The number of allylic oxidation sites excluding steroid dienone is 2. The Labute approximate surface area is 184 Å². The number of carbonyl (C=O) groups is 1. The van der Waals surface area contributed by atoms with Gasteiger partial charge in [0.05, 0.1) is 6.10 Å². The van der Waals surface area contributed by atoms with E-state index in [0.29, 0.717) is 35.5 Å². The smallest absolute Gasteiger partial charge is 0.126 e. The molecule has 0 aromatic rings. The number of aliphatic hydroxyl groups is 1. The van der Waals surface area contributed by atoms with Crippen LogP contribution in [0.5, 0.6) is 0 Å². The maximum absolute atomic E-state index is 12.7. The molecule has 0 spiro atoms. The van der Waals surface area contributed by atoms with Gasteiger partial charge < -0.3 is 9.90 Å². The second-order valence-corrected chi connectivity index (χ2v) is 11.9. The highest BCUT2D eigenvalue weighted by molar-refractivity contribution is 5.62. The summed E-state index contributed by atoms with van der Waals surface area (Å²) in [6.45, 7) is 13.6. The summed E-state index contributed by atoms with van der Waals surface area (Å²) in [5.74, 6) is 3.64. The lowest BCUT2D eigenvalue weighted by Gasteiger charge is -2.57. The monoisotopic (exact) mass is 412 g/mol. The predicted molar refractivity (Wildman–Crippen MR) is 124 cm³/mol. The van der Waals surface area contributed by atoms with Gasteiger partial charge in [-0.2, -0.15) is 0 Å². The standard InChI is InChI=1S/C28H44O2/c1-18(2)19(3)6-7-20(4)24-10-11-26-23-9-8-21-16-22(30)12-14-27(21,5)25(23)13-15-28(24,26)17-29/h8,17-18,20,22-26,30H,3,6-7,9-16H2,1-2,4-5H3/t20-,22+,23-,24-,25+,26+,27+,28+/m1/s1. The van der Waals surface area contributed by atoms with Crippen LogP contribution in [0.25, 0.3) is 0 Å². The molecule has 0 unspecified atom stereocenters. The van der Waals surface area contributed by atoms with Crippen LogP contribution in [0.1, 0.15) is 91.9 Å². The van der Waals surface area contributed by atoms with Gasteiger partial charge in [-0.15, -0.1) is 0 Å². The van der Waals surface area contributed by atoms with E-state index < -0.39 is 0 Å². The van der Waals surface area contributed by atoms with Crippen molar-refractivity contribution in [1.29, 1.82) is 0 Å². The van der Waals surface area contributed by atoms with Gasteiger partial charge in [0.15, 0.2) is 0 Å². The van der Waals surface area contributed by atoms with Gasteiger partial charge in [-0.3, -0.25) is 0 Å². The molecule has 0 amide bonds. The Morgan fingerprint density at radius 1 is 1.20 bits per heavy atom. The molecule has 0 aromatic carbocycles. The van der Waals surface area contributed by atoms with Crippen molar-refractivity contribution in [1.82, 2.24) is 0 Å². The van der Waals surface area contributed by atoms with Crippen molar-refractivity contribution < 1.29 is 9.90 Å². The van der Waals surface area contributed by atoms with Crippen molar-refractivity contribution in [3.05, 3.63) is 23.8 Å². The van der Waals surface area contributed by atoms with Gasteiger partial charge >= 0.3 is 0 Å². The van der Waals surface area contributed by atoms with Crippen LogP contribution in [-0.2, 0) is 4.79 Å². The number of hydrogen-bond acceptors (Lipinski definition) is 2. The van der Waals surface area contributed by atoms with Gasteiger partial charge in [0.1, 0.15) is 6.29 Å². The molecule has 0 heterocycles. The molecule has 3 fully saturated rings. The summed E-state index contributed by atoms with van der Waals surface area (Å²) in [4.78, 5) is 12.7. The quantitative estimate of drug-likeness (QED) is 0.388. The molecule has 2 nitrogen and oxygen atoms in total. The Morgan fingerprint density at radius 2 is 1.97 bits per heavy atom. The molecule has 2 heteroatoms. The fourth-order valence-corrected chi connectivity index (χ4v) is 8.36. The van der Waals surface area contributed by atoms with Crippen LogP contribution >= 0.6 is 0 Å². The van der Waals surface area contributed by atoms with Gasteiger partial charge in [-0.05, 0) is 105 Å². The second kappa shape index (κ2) is 8.23. The van der Waals surface area contributed by atoms with E-state index in [0.717, 1.165) is 38.5 Å². The van der Waals surface area contributed by atoms with Crippen LogP contribution in [0.4, 0.5) is 0 Å². The van der Waals surface area contributed by atoms with Gasteiger partial charge in [0.2, 0.25) is 0 Å². The zero-order valence-corrected chi connectivity index (χ0v) is 19.8. The van der Waals surface area contributed by atoms with Crippen molar-refractivity contribution in [2.45, 2.75) is 98.0 Å². The molecule has 0 radical (unpaired) electrons. The lowest BCUT2D eigenvalue weighted by Crippen LogP contribution is -2.52. The van der Waals surface area contributed by atoms with E-state index in [1.807, 2.05) is 0 Å². The molecule has 4 aliphatic carbocycles. The number of aliphatic hydroxyl groups excluding tert-OH is 1. The van der Waals surface area contributed by atoms with Crippen molar-refractivity contribution in [3.8, 4) is 0 Å². The van der Waals surface area contributed by atoms with Crippen LogP contribution < -0.4 is 0 Å². The molecule has 1 N–H and O–H groups in total. The SMILES string of the molecule is C=C(CC[C@@H](C)[C@H]1CC[C@H]2[C@@H]3CC=C4C[C@@H](O)CC[C@]4(C)[C@H]3CC[C@]12C=O)C(C)C. The van der Waals surface area contributed by atoms with Gasteiger partial charge in [-0.1, -0.05) is 51.5 Å². The first-order valence-corrected chi connectivity index (χ1v) is 12.7. The summed E-state index contributed by atoms with van der Waals surface area (Å²) in [5.41, 5.74) is 3.06. The average Bonchev–Trinajstić information content (AvgIpc) is 3.12. The third-order valence-electron chi connectivity index (χ3n) is 10.4. The minimum absolute atomic E-state index is 0.0877. The van der Waals surface area contributed by atoms with Crippen molar-refractivity contribution in [3.63, 3.8) is 0 Å². The molecule has 4 aliphatic rings. The topological polar surface area (TPSA) is 37.3 Å². The largest absolute Gasteiger partial charge is 0.393 e. The lowest BCUT2D eigenvalue weighted by molar-refractivity contribution is -0.132. The van der Waals surface area contributed by atoms with Crippen molar-refractivity contribution in [2.24, 2.45) is 46.3 Å². The second-order valence-electron chi connectivity index (χ2n) is 11.9. The minimum atomic E-state index is -0.143. The fourth-order valence-electron chi connectivity index (χ4n) is 8.36. The van der Waals surface area contributed by atoms with Crippen LogP contribution in [0.2, 0.25) is 0 Å². The third-order valence-corrected chi connectivity index (χ3v) is 10.4. The minimum Gasteiger partial charge on any atom is -0.393 e. The molecule has 168 valence electrons. The van der Waals surface area contributed by atoms with E-state index >= 15 is 0 Å². The van der Waals surface area contributed by atoms with E-state index in [4.69, 9.17) is 0 Å². The molecule has 4 rings (SSSR count). The fraction of sp³-hybridized carbons (Fsp3) is 0.821. The summed E-state index contributed by atoms with van der Waals surface area (Å²) in [5, 5.41) is 10.2. The molecule has 30 heavy (non-hydrogen) atoms. The maximum atomic E-state index is 12.7. The Morgan fingerprint density at radius 3 is 2.67 bits per heavy atom. The van der Waals surface area contributed by atoms with E-state index in [-0.39, 0.29) is 16.9 Å². The molecule has 0 saturated heterocycles. The number of rotatable bonds is 6. The number of fused-ring (bicyclic) bond motifs is 5. The molecule has 8 atom stereocenters. The Balaban J connectivity index is 1.54. The molecule has 0 bridgehead atoms. The van der Waals surface area contributed by atoms with Gasteiger partial charge in [-0.25, -0.2) is 0 Å². The van der Waals surface area contributed by atoms with E-state index in [9.17, 15) is 9.90 Å². The first-order chi connectivity index (χ1) is 14.2. The summed E-state index contributed by atoms with van der Waals surface area (Å²) in [6.07, 6.45) is 14.9. The number of hydrogen-bond donors (Lipinski definition) is 1. The lowest BCUT2D eigenvalue weighted by atomic mass is 9.47. The van der Waals surface area contributed by atoms with Crippen LogP contribution in [0.15, 0.2) is 23.8 Å². The first-order valence-electron chi connectivity index (χ1n) is 12.7. The molecule has 3 saturated carbocycles. The highest BCUT2D eigenvalue weighted by atomic mass is 16.3. The summed E-state index contributed by atoms with van der Waals surface area (Å²) >= 11 is 0.